The van der Waals surface area contributed by atoms with E-state index in [1.807, 2.05) is 11.0 Å². The van der Waals surface area contributed by atoms with Crippen LogP contribution in [0.4, 0.5) is 0 Å². The topological polar surface area (TPSA) is 42.6 Å². The van der Waals surface area contributed by atoms with E-state index in [0.29, 0.717) is 12.0 Å². The molecule has 0 bridgehead atoms. The Labute approximate surface area is 181 Å². The summed E-state index contributed by atoms with van der Waals surface area (Å²) in [5, 5.41) is 1.29. The third-order valence-electron chi connectivity index (χ3n) is 6.94. The number of fused-ring (bicyclic) bond motifs is 1. The van der Waals surface area contributed by atoms with Gasteiger partial charge in [-0.2, -0.15) is 0 Å². The quantitative estimate of drug-likeness (QED) is 0.804. The molecule has 0 spiro atoms. The number of piperazine rings is 1. The summed E-state index contributed by atoms with van der Waals surface area (Å²) in [6.45, 7) is 16.2. The second kappa shape index (κ2) is 9.11. The van der Waals surface area contributed by atoms with Crippen LogP contribution in [0.25, 0.3) is 10.9 Å². The molecule has 4 rings (SSSR count). The van der Waals surface area contributed by atoms with E-state index in [0.717, 1.165) is 43.2 Å². The van der Waals surface area contributed by atoms with Gasteiger partial charge in [-0.1, -0.05) is 19.9 Å². The van der Waals surface area contributed by atoms with Crippen LogP contribution in [0.15, 0.2) is 24.4 Å². The number of hydrogen-bond acceptors (Lipinski definition) is 3. The minimum Gasteiger partial charge on any atom is -0.361 e. The van der Waals surface area contributed by atoms with Crippen molar-refractivity contribution in [2.75, 3.05) is 45.8 Å². The van der Waals surface area contributed by atoms with Crippen molar-refractivity contribution in [1.82, 2.24) is 19.7 Å². The molecule has 0 unspecified atom stereocenters. The minimum absolute atomic E-state index is 0.165. The smallest absolute Gasteiger partial charge is 0.254 e. The average Bonchev–Trinajstić information content (AvgIpc) is 3.16. The van der Waals surface area contributed by atoms with Crippen molar-refractivity contribution >= 4 is 16.8 Å². The summed E-state index contributed by atoms with van der Waals surface area (Å²) in [4.78, 5) is 23.5. The van der Waals surface area contributed by atoms with Gasteiger partial charge in [0.1, 0.15) is 0 Å². The standard InChI is InChI=1S/C25H38N4O/c1-18(2)17-27-9-7-20(8-10-27)23-16-26-24-15-21(5-6-22(23)24)25(30)29-13-11-28(12-14-29)19(3)4/h5-6,15-16,18-20,26H,7-14,17H2,1-4H3. The lowest BCUT2D eigenvalue weighted by molar-refractivity contribution is 0.0595. The predicted octanol–water partition coefficient (Wildman–Crippen LogP) is 4.17. The van der Waals surface area contributed by atoms with E-state index in [4.69, 9.17) is 0 Å². The molecule has 2 aliphatic rings. The van der Waals surface area contributed by atoms with Crippen LogP contribution in [0.5, 0.6) is 0 Å². The molecule has 164 valence electrons. The van der Waals surface area contributed by atoms with Crippen molar-refractivity contribution in [3.63, 3.8) is 0 Å². The molecule has 3 heterocycles. The summed E-state index contributed by atoms with van der Waals surface area (Å²) >= 11 is 0. The molecule has 1 amide bonds. The first-order valence-electron chi connectivity index (χ1n) is 11.8. The van der Waals surface area contributed by atoms with Gasteiger partial charge < -0.3 is 14.8 Å². The molecule has 30 heavy (non-hydrogen) atoms. The third kappa shape index (κ3) is 4.57. The largest absolute Gasteiger partial charge is 0.361 e. The minimum atomic E-state index is 0.165. The van der Waals surface area contributed by atoms with Crippen LogP contribution in [0.1, 0.15) is 62.4 Å². The Balaban J connectivity index is 1.42. The van der Waals surface area contributed by atoms with Crippen molar-refractivity contribution in [3.05, 3.63) is 35.5 Å². The SMILES string of the molecule is CC(C)CN1CCC(c2c[nH]c3cc(C(=O)N4CCN(C(C)C)CC4)ccc23)CC1. The van der Waals surface area contributed by atoms with Crippen LogP contribution in [0, 0.1) is 5.92 Å². The van der Waals surface area contributed by atoms with Gasteiger partial charge in [0.25, 0.3) is 5.91 Å². The zero-order chi connectivity index (χ0) is 21.3. The van der Waals surface area contributed by atoms with E-state index in [2.05, 4.69) is 60.8 Å². The maximum atomic E-state index is 13.0. The number of carbonyl (C=O) groups is 1. The molecule has 1 N–H and O–H groups in total. The Hall–Kier alpha value is -1.85. The molecule has 5 heteroatoms. The van der Waals surface area contributed by atoms with E-state index in [1.165, 1.54) is 43.4 Å². The Morgan fingerprint density at radius 3 is 2.37 bits per heavy atom. The van der Waals surface area contributed by atoms with E-state index in [9.17, 15) is 4.79 Å². The summed E-state index contributed by atoms with van der Waals surface area (Å²) in [6, 6.07) is 6.81. The molecule has 0 saturated carbocycles. The number of nitrogens with one attached hydrogen (secondary N) is 1. The first kappa shape index (κ1) is 21.4. The fraction of sp³-hybridized carbons (Fsp3) is 0.640. The highest BCUT2D eigenvalue weighted by Crippen LogP contribution is 2.33. The number of hydrogen-bond donors (Lipinski definition) is 1. The molecule has 2 fully saturated rings. The monoisotopic (exact) mass is 410 g/mol. The van der Waals surface area contributed by atoms with Crippen molar-refractivity contribution < 1.29 is 4.79 Å². The number of nitrogens with zero attached hydrogens (tertiary/aromatic N) is 3. The number of carbonyl (C=O) groups excluding carboxylic acids is 1. The molecule has 1 aromatic heterocycles. The highest BCUT2D eigenvalue weighted by atomic mass is 16.2. The molecule has 5 nitrogen and oxygen atoms in total. The number of likely N-dealkylation sites (tertiary alicyclic amines) is 1. The molecule has 0 aliphatic carbocycles. The number of benzene rings is 1. The highest BCUT2D eigenvalue weighted by molar-refractivity contribution is 5.98. The van der Waals surface area contributed by atoms with Gasteiger partial charge in [-0.25, -0.2) is 0 Å². The number of H-pyrrole nitrogens is 1. The van der Waals surface area contributed by atoms with Crippen LogP contribution in [0.3, 0.4) is 0 Å². The van der Waals surface area contributed by atoms with E-state index < -0.39 is 0 Å². The van der Waals surface area contributed by atoms with Crippen LogP contribution in [-0.2, 0) is 0 Å². The van der Waals surface area contributed by atoms with E-state index in [1.54, 1.807) is 0 Å². The van der Waals surface area contributed by atoms with Crippen LogP contribution >= 0.6 is 0 Å². The number of piperidine rings is 1. The maximum Gasteiger partial charge on any atom is 0.254 e. The van der Waals surface area contributed by atoms with Crippen molar-refractivity contribution in [2.45, 2.75) is 52.5 Å². The lowest BCUT2D eigenvalue weighted by Crippen LogP contribution is -2.50. The van der Waals surface area contributed by atoms with Crippen molar-refractivity contribution in [2.24, 2.45) is 5.92 Å². The highest BCUT2D eigenvalue weighted by Gasteiger charge is 2.25. The Bertz CT molecular complexity index is 855. The van der Waals surface area contributed by atoms with Gasteiger partial charge in [-0.15, -0.1) is 0 Å². The van der Waals surface area contributed by atoms with Crippen molar-refractivity contribution in [3.8, 4) is 0 Å². The van der Waals surface area contributed by atoms with E-state index in [-0.39, 0.29) is 5.91 Å². The summed E-state index contributed by atoms with van der Waals surface area (Å²) in [5.41, 5.74) is 3.33. The predicted molar refractivity (Wildman–Crippen MR) is 124 cm³/mol. The Morgan fingerprint density at radius 2 is 1.73 bits per heavy atom. The van der Waals surface area contributed by atoms with Gasteiger partial charge in [0, 0.05) is 61.4 Å². The van der Waals surface area contributed by atoms with E-state index >= 15 is 0 Å². The molecule has 0 atom stereocenters. The van der Waals surface area contributed by atoms with Gasteiger partial charge in [0.05, 0.1) is 0 Å². The number of amides is 1. The van der Waals surface area contributed by atoms with Gasteiger partial charge in [0.2, 0.25) is 0 Å². The molecule has 2 saturated heterocycles. The second-order valence-electron chi connectivity index (χ2n) is 9.90. The first-order chi connectivity index (χ1) is 14.4. The maximum absolute atomic E-state index is 13.0. The van der Waals surface area contributed by atoms with Crippen LogP contribution in [-0.4, -0.2) is 77.4 Å². The van der Waals surface area contributed by atoms with Crippen LogP contribution in [0.2, 0.25) is 0 Å². The molecule has 2 aromatic rings. The molecular weight excluding hydrogens is 372 g/mol. The van der Waals surface area contributed by atoms with Crippen LogP contribution < -0.4 is 0 Å². The zero-order valence-electron chi connectivity index (χ0n) is 19.2. The van der Waals surface area contributed by atoms with Crippen molar-refractivity contribution in [1.29, 1.82) is 0 Å². The lowest BCUT2D eigenvalue weighted by atomic mass is 9.88. The molecular formula is C25H38N4O. The Kier molecular flexibility index (Phi) is 6.49. The normalized spacial score (nSPS) is 20.0. The zero-order valence-corrected chi connectivity index (χ0v) is 19.2. The summed E-state index contributed by atoms with van der Waals surface area (Å²) in [6.07, 6.45) is 4.63. The van der Waals surface area contributed by atoms with Gasteiger partial charge >= 0.3 is 0 Å². The fourth-order valence-electron chi connectivity index (χ4n) is 5.19. The number of rotatable bonds is 5. The second-order valence-corrected chi connectivity index (χ2v) is 9.90. The van der Waals surface area contributed by atoms with Gasteiger partial charge in [-0.05, 0) is 69.3 Å². The van der Waals surface area contributed by atoms with Gasteiger partial charge in [0.15, 0.2) is 0 Å². The molecule has 2 aliphatic heterocycles. The van der Waals surface area contributed by atoms with Gasteiger partial charge in [-0.3, -0.25) is 9.69 Å². The Morgan fingerprint density at radius 1 is 1.03 bits per heavy atom. The fourth-order valence-corrected chi connectivity index (χ4v) is 5.19. The number of aromatic nitrogens is 1. The number of aromatic amines is 1. The molecule has 1 aromatic carbocycles. The average molecular weight is 411 g/mol. The summed E-state index contributed by atoms with van der Waals surface area (Å²) < 4.78 is 0. The first-order valence-corrected chi connectivity index (χ1v) is 11.8. The summed E-state index contributed by atoms with van der Waals surface area (Å²) in [7, 11) is 0. The lowest BCUT2D eigenvalue weighted by Gasteiger charge is -2.37. The summed E-state index contributed by atoms with van der Waals surface area (Å²) in [5.74, 6) is 1.52. The molecule has 0 radical (unpaired) electrons. The third-order valence-corrected chi connectivity index (χ3v) is 6.94.